The summed E-state index contributed by atoms with van der Waals surface area (Å²) in [5.41, 5.74) is 3.93. The molecule has 0 saturated carbocycles. The van der Waals surface area contributed by atoms with Crippen molar-refractivity contribution in [3.63, 3.8) is 0 Å². The first kappa shape index (κ1) is 7.73. The van der Waals surface area contributed by atoms with Gasteiger partial charge in [-0.3, -0.25) is 0 Å². The van der Waals surface area contributed by atoms with Crippen LogP contribution in [0.3, 0.4) is 0 Å². The lowest BCUT2D eigenvalue weighted by molar-refractivity contribution is 0.315. The highest BCUT2D eigenvalue weighted by Gasteiger charge is 2.09. The Morgan fingerprint density at radius 3 is 2.67 bits per heavy atom. The summed E-state index contributed by atoms with van der Waals surface area (Å²) in [6, 6.07) is 2.02. The second-order valence-corrected chi connectivity index (χ2v) is 3.62. The molecule has 62 valence electrons. The summed E-state index contributed by atoms with van der Waals surface area (Å²) in [6.07, 6.45) is 0. The topological polar surface area (TPSA) is 38.9 Å². The molecular weight excluding hydrogens is 220 g/mol. The Labute approximate surface area is 77.8 Å². The Balaban J connectivity index is 2.97. The minimum absolute atomic E-state index is 0.790. The van der Waals surface area contributed by atoms with Gasteiger partial charge in [0.1, 0.15) is 11.0 Å². The van der Waals surface area contributed by atoms with Gasteiger partial charge in [0.25, 0.3) is 0 Å². The number of fused-ring (bicyclic) bond motifs is 1. The third-order valence-electron chi connectivity index (χ3n) is 2.00. The summed E-state index contributed by atoms with van der Waals surface area (Å²) in [6.45, 7) is 4.04. The number of hydrogen-bond acceptors (Lipinski definition) is 3. The Morgan fingerprint density at radius 2 is 1.92 bits per heavy atom. The van der Waals surface area contributed by atoms with Crippen molar-refractivity contribution >= 4 is 27.0 Å². The molecular formula is C8H7BrN2O. The monoisotopic (exact) mass is 226 g/mol. The minimum Gasteiger partial charge on any atom is -0.243 e. The maximum Gasteiger partial charge on any atom is 0.149 e. The van der Waals surface area contributed by atoms with Gasteiger partial charge in [-0.25, -0.2) is 4.63 Å². The van der Waals surface area contributed by atoms with E-state index in [4.69, 9.17) is 0 Å². The second-order valence-electron chi connectivity index (χ2n) is 2.76. The van der Waals surface area contributed by atoms with Gasteiger partial charge in [-0.15, -0.1) is 0 Å². The first-order valence-corrected chi connectivity index (χ1v) is 4.37. The van der Waals surface area contributed by atoms with Crippen LogP contribution in [-0.2, 0) is 0 Å². The Morgan fingerprint density at radius 1 is 1.25 bits per heavy atom. The van der Waals surface area contributed by atoms with Gasteiger partial charge in [-0.2, -0.15) is 0 Å². The summed E-state index contributed by atoms with van der Waals surface area (Å²) < 4.78 is 5.58. The van der Waals surface area contributed by atoms with E-state index in [9.17, 15) is 0 Å². The fraction of sp³-hybridized carbons (Fsp3) is 0.250. The van der Waals surface area contributed by atoms with Crippen molar-refractivity contribution in [2.45, 2.75) is 13.8 Å². The molecule has 0 aliphatic rings. The number of hydrogen-bond donors (Lipinski definition) is 0. The van der Waals surface area contributed by atoms with Crippen LogP contribution in [0.25, 0.3) is 11.0 Å². The van der Waals surface area contributed by atoms with Gasteiger partial charge in [0, 0.05) is 4.47 Å². The number of aromatic nitrogens is 2. The third kappa shape index (κ3) is 0.948. The van der Waals surface area contributed by atoms with Gasteiger partial charge in [0.2, 0.25) is 0 Å². The zero-order valence-electron chi connectivity index (χ0n) is 6.76. The normalized spacial score (nSPS) is 10.9. The molecule has 0 radical (unpaired) electrons. The van der Waals surface area contributed by atoms with E-state index < -0.39 is 0 Å². The van der Waals surface area contributed by atoms with Crippen molar-refractivity contribution in [2.75, 3.05) is 0 Å². The van der Waals surface area contributed by atoms with Crippen LogP contribution >= 0.6 is 15.9 Å². The standard InChI is InChI=1S/C8H7BrN2O/c1-4-3-6(9)8-7(5(4)2)10-12-11-8/h3H,1-2H3. The highest BCUT2D eigenvalue weighted by Crippen LogP contribution is 2.26. The van der Waals surface area contributed by atoms with E-state index in [0.29, 0.717) is 0 Å². The van der Waals surface area contributed by atoms with Gasteiger partial charge >= 0.3 is 0 Å². The molecule has 0 N–H and O–H groups in total. The van der Waals surface area contributed by atoms with E-state index in [0.717, 1.165) is 21.1 Å². The molecule has 0 spiro atoms. The molecule has 3 nitrogen and oxygen atoms in total. The number of aryl methyl sites for hydroxylation is 2. The van der Waals surface area contributed by atoms with Gasteiger partial charge in [-0.1, -0.05) is 0 Å². The summed E-state index contributed by atoms with van der Waals surface area (Å²) >= 11 is 3.40. The Kier molecular flexibility index (Phi) is 1.65. The predicted octanol–water partition coefficient (Wildman–Crippen LogP) is 2.60. The zero-order chi connectivity index (χ0) is 8.72. The molecule has 12 heavy (non-hydrogen) atoms. The van der Waals surface area contributed by atoms with E-state index in [1.165, 1.54) is 5.56 Å². The summed E-state index contributed by atoms with van der Waals surface area (Å²) in [5, 5.41) is 7.61. The van der Waals surface area contributed by atoms with Crippen molar-refractivity contribution in [3.05, 3.63) is 21.7 Å². The molecule has 1 heterocycles. The average molecular weight is 227 g/mol. The molecule has 0 fully saturated rings. The first-order chi connectivity index (χ1) is 5.70. The lowest BCUT2D eigenvalue weighted by Crippen LogP contribution is -1.84. The van der Waals surface area contributed by atoms with E-state index in [1.54, 1.807) is 0 Å². The molecule has 0 amide bonds. The fourth-order valence-corrected chi connectivity index (χ4v) is 1.75. The molecule has 0 aliphatic carbocycles. The molecule has 1 aromatic heterocycles. The third-order valence-corrected chi connectivity index (χ3v) is 2.61. The summed E-state index contributed by atoms with van der Waals surface area (Å²) in [7, 11) is 0. The van der Waals surface area contributed by atoms with Crippen LogP contribution in [0.15, 0.2) is 15.2 Å². The van der Waals surface area contributed by atoms with Crippen molar-refractivity contribution in [2.24, 2.45) is 0 Å². The largest absolute Gasteiger partial charge is 0.243 e. The molecule has 0 bridgehead atoms. The molecule has 1 aromatic carbocycles. The van der Waals surface area contributed by atoms with Crippen molar-refractivity contribution < 1.29 is 4.63 Å². The van der Waals surface area contributed by atoms with Gasteiger partial charge < -0.3 is 0 Å². The second kappa shape index (κ2) is 2.55. The minimum atomic E-state index is 0.790. The van der Waals surface area contributed by atoms with E-state index >= 15 is 0 Å². The number of rotatable bonds is 0. The maximum atomic E-state index is 4.65. The molecule has 2 rings (SSSR count). The highest BCUT2D eigenvalue weighted by molar-refractivity contribution is 9.10. The van der Waals surface area contributed by atoms with Crippen LogP contribution in [0.2, 0.25) is 0 Å². The van der Waals surface area contributed by atoms with Crippen molar-refractivity contribution in [3.8, 4) is 0 Å². The van der Waals surface area contributed by atoms with E-state index in [2.05, 4.69) is 30.9 Å². The van der Waals surface area contributed by atoms with E-state index in [1.807, 2.05) is 19.9 Å². The lowest BCUT2D eigenvalue weighted by atomic mass is 10.1. The molecule has 0 unspecified atom stereocenters. The maximum absolute atomic E-state index is 4.65. The van der Waals surface area contributed by atoms with Gasteiger partial charge in [-0.05, 0) is 57.3 Å². The van der Waals surface area contributed by atoms with Crippen molar-refractivity contribution in [1.82, 2.24) is 10.3 Å². The Hall–Kier alpha value is -0.900. The van der Waals surface area contributed by atoms with Crippen LogP contribution in [0.4, 0.5) is 0 Å². The number of nitrogens with zero attached hydrogens (tertiary/aromatic N) is 2. The van der Waals surface area contributed by atoms with Gasteiger partial charge in [0.05, 0.1) is 0 Å². The summed E-state index contributed by atoms with van der Waals surface area (Å²) in [5.74, 6) is 0. The highest BCUT2D eigenvalue weighted by atomic mass is 79.9. The first-order valence-electron chi connectivity index (χ1n) is 3.58. The molecule has 4 heteroatoms. The average Bonchev–Trinajstić information content (AvgIpc) is 2.48. The van der Waals surface area contributed by atoms with Gasteiger partial charge in [0.15, 0.2) is 0 Å². The van der Waals surface area contributed by atoms with Crippen LogP contribution in [0.5, 0.6) is 0 Å². The number of benzene rings is 1. The molecule has 0 atom stereocenters. The van der Waals surface area contributed by atoms with Crippen molar-refractivity contribution in [1.29, 1.82) is 0 Å². The Bertz CT molecular complexity index is 436. The predicted molar refractivity (Wildman–Crippen MR) is 49.0 cm³/mol. The smallest absolute Gasteiger partial charge is 0.149 e. The van der Waals surface area contributed by atoms with Crippen LogP contribution in [-0.4, -0.2) is 10.3 Å². The van der Waals surface area contributed by atoms with Crippen LogP contribution < -0.4 is 0 Å². The summed E-state index contributed by atoms with van der Waals surface area (Å²) in [4.78, 5) is 0. The van der Waals surface area contributed by atoms with Crippen LogP contribution in [0.1, 0.15) is 11.1 Å². The molecule has 0 aliphatic heterocycles. The zero-order valence-corrected chi connectivity index (χ0v) is 8.34. The number of halogens is 1. The SMILES string of the molecule is Cc1cc(Br)c2nonc2c1C. The molecule has 2 aromatic rings. The van der Waals surface area contributed by atoms with E-state index in [-0.39, 0.29) is 0 Å². The quantitative estimate of drug-likeness (QED) is 0.694. The fourth-order valence-electron chi connectivity index (χ4n) is 1.14. The van der Waals surface area contributed by atoms with Crippen LogP contribution in [0, 0.1) is 13.8 Å². The molecule has 0 saturated heterocycles. The lowest BCUT2D eigenvalue weighted by Gasteiger charge is -1.99.